The Morgan fingerprint density at radius 1 is 1.24 bits per heavy atom. The Balaban J connectivity index is 2.22. The molecule has 5 heteroatoms. The second kappa shape index (κ2) is 5.49. The summed E-state index contributed by atoms with van der Waals surface area (Å²) in [6.45, 7) is 0.486. The smallest absolute Gasteiger partial charge is 0.147 e. The third kappa shape index (κ3) is 3.19. The zero-order valence-corrected chi connectivity index (χ0v) is 11.2. The monoisotopic (exact) mass is 312 g/mol. The van der Waals surface area contributed by atoms with Crippen LogP contribution in [0.25, 0.3) is 0 Å². The number of rotatable bonds is 3. The van der Waals surface area contributed by atoms with E-state index in [2.05, 4.69) is 20.9 Å². The standard InChI is InChI=1S/C12H10BrClN2O/c13-12-4-10(2-1-8(12)5-15)17-11-3-9(14)6-16-7-11/h1-4,6-7H,5,15H2. The highest BCUT2D eigenvalue weighted by molar-refractivity contribution is 9.10. The van der Waals surface area contributed by atoms with Gasteiger partial charge in [0.05, 0.1) is 11.2 Å². The first-order valence-corrected chi connectivity index (χ1v) is 6.13. The van der Waals surface area contributed by atoms with Crippen LogP contribution < -0.4 is 10.5 Å². The Kier molecular flexibility index (Phi) is 3.99. The van der Waals surface area contributed by atoms with Gasteiger partial charge in [-0.15, -0.1) is 0 Å². The molecule has 1 aromatic heterocycles. The Morgan fingerprint density at radius 3 is 2.71 bits per heavy atom. The summed E-state index contributed by atoms with van der Waals surface area (Å²) in [5.41, 5.74) is 6.60. The van der Waals surface area contributed by atoms with Gasteiger partial charge in [-0.1, -0.05) is 33.6 Å². The van der Waals surface area contributed by atoms with E-state index in [4.69, 9.17) is 22.1 Å². The number of hydrogen-bond acceptors (Lipinski definition) is 3. The highest BCUT2D eigenvalue weighted by Gasteiger charge is 2.02. The molecule has 2 N–H and O–H groups in total. The fraction of sp³-hybridized carbons (Fsp3) is 0.0833. The molecule has 17 heavy (non-hydrogen) atoms. The van der Waals surface area contributed by atoms with Crippen LogP contribution in [0.4, 0.5) is 0 Å². The van der Waals surface area contributed by atoms with Crippen LogP contribution in [0.1, 0.15) is 5.56 Å². The van der Waals surface area contributed by atoms with Crippen molar-refractivity contribution in [3.8, 4) is 11.5 Å². The Morgan fingerprint density at radius 2 is 2.06 bits per heavy atom. The lowest BCUT2D eigenvalue weighted by Gasteiger charge is -2.07. The lowest BCUT2D eigenvalue weighted by atomic mass is 10.2. The van der Waals surface area contributed by atoms with E-state index in [9.17, 15) is 0 Å². The van der Waals surface area contributed by atoms with Crippen LogP contribution in [0.15, 0.2) is 41.1 Å². The summed E-state index contributed by atoms with van der Waals surface area (Å²) in [6, 6.07) is 7.34. The highest BCUT2D eigenvalue weighted by Crippen LogP contribution is 2.27. The number of aromatic nitrogens is 1. The van der Waals surface area contributed by atoms with Gasteiger partial charge in [0.2, 0.25) is 0 Å². The van der Waals surface area contributed by atoms with Crippen molar-refractivity contribution in [2.24, 2.45) is 5.73 Å². The van der Waals surface area contributed by atoms with Crippen LogP contribution in [0.3, 0.4) is 0 Å². The van der Waals surface area contributed by atoms with E-state index in [1.807, 2.05) is 18.2 Å². The third-order valence-electron chi connectivity index (χ3n) is 2.16. The van der Waals surface area contributed by atoms with Gasteiger partial charge in [-0.25, -0.2) is 0 Å². The molecule has 0 aliphatic heterocycles. The van der Waals surface area contributed by atoms with Crippen LogP contribution in [0.2, 0.25) is 5.02 Å². The predicted molar refractivity (Wildman–Crippen MR) is 71.4 cm³/mol. The first-order chi connectivity index (χ1) is 8.19. The molecular formula is C12H10BrClN2O. The van der Waals surface area contributed by atoms with Gasteiger partial charge in [-0.05, 0) is 17.7 Å². The van der Waals surface area contributed by atoms with E-state index in [1.165, 1.54) is 0 Å². The highest BCUT2D eigenvalue weighted by atomic mass is 79.9. The van der Waals surface area contributed by atoms with Gasteiger partial charge in [0, 0.05) is 23.3 Å². The van der Waals surface area contributed by atoms with E-state index < -0.39 is 0 Å². The number of hydrogen-bond donors (Lipinski definition) is 1. The largest absolute Gasteiger partial charge is 0.456 e. The molecule has 0 saturated carbocycles. The van der Waals surface area contributed by atoms with Crippen molar-refractivity contribution in [3.63, 3.8) is 0 Å². The summed E-state index contributed by atoms with van der Waals surface area (Å²) in [5, 5.41) is 0.542. The second-order valence-corrected chi connectivity index (χ2v) is 4.69. The molecule has 1 heterocycles. The number of nitrogens with zero attached hydrogens (tertiary/aromatic N) is 1. The van der Waals surface area contributed by atoms with E-state index in [0.29, 0.717) is 23.1 Å². The van der Waals surface area contributed by atoms with Crippen molar-refractivity contribution in [2.75, 3.05) is 0 Å². The van der Waals surface area contributed by atoms with Crippen molar-refractivity contribution in [1.82, 2.24) is 4.98 Å². The van der Waals surface area contributed by atoms with Gasteiger partial charge in [0.1, 0.15) is 11.5 Å². The Hall–Kier alpha value is -1.10. The van der Waals surface area contributed by atoms with Crippen LogP contribution in [-0.2, 0) is 6.54 Å². The zero-order valence-electron chi connectivity index (χ0n) is 8.86. The number of benzene rings is 1. The first kappa shape index (κ1) is 12.4. The van der Waals surface area contributed by atoms with Crippen molar-refractivity contribution >= 4 is 27.5 Å². The molecule has 0 amide bonds. The lowest BCUT2D eigenvalue weighted by Crippen LogP contribution is -1.97. The summed E-state index contributed by atoms with van der Waals surface area (Å²) < 4.78 is 6.55. The van der Waals surface area contributed by atoms with E-state index >= 15 is 0 Å². The average molecular weight is 314 g/mol. The van der Waals surface area contributed by atoms with Gasteiger partial charge in [0.25, 0.3) is 0 Å². The molecule has 0 radical (unpaired) electrons. The van der Waals surface area contributed by atoms with Crippen LogP contribution in [0, 0.1) is 0 Å². The molecule has 0 saturated heterocycles. The summed E-state index contributed by atoms with van der Waals surface area (Å²) in [5.74, 6) is 1.31. The molecule has 0 aliphatic carbocycles. The molecule has 2 aromatic rings. The molecule has 3 nitrogen and oxygen atoms in total. The van der Waals surface area contributed by atoms with E-state index in [1.54, 1.807) is 18.5 Å². The minimum Gasteiger partial charge on any atom is -0.456 e. The van der Waals surface area contributed by atoms with Crippen molar-refractivity contribution in [2.45, 2.75) is 6.54 Å². The first-order valence-electron chi connectivity index (χ1n) is 4.96. The molecule has 0 aliphatic rings. The number of halogens is 2. The van der Waals surface area contributed by atoms with Crippen LogP contribution in [0.5, 0.6) is 11.5 Å². The SMILES string of the molecule is NCc1ccc(Oc2cncc(Cl)c2)cc1Br. The maximum atomic E-state index is 5.82. The van der Waals surface area contributed by atoms with Gasteiger partial charge >= 0.3 is 0 Å². The Labute approximate surface area is 113 Å². The minimum absolute atomic E-state index is 0.486. The summed E-state index contributed by atoms with van der Waals surface area (Å²) in [6.07, 6.45) is 3.17. The predicted octanol–water partition coefficient (Wildman–Crippen LogP) is 3.75. The molecule has 88 valence electrons. The van der Waals surface area contributed by atoms with Gasteiger partial charge in [-0.3, -0.25) is 4.98 Å². The van der Waals surface area contributed by atoms with Crippen molar-refractivity contribution < 1.29 is 4.74 Å². The fourth-order valence-electron chi connectivity index (χ4n) is 1.34. The van der Waals surface area contributed by atoms with Crippen LogP contribution >= 0.6 is 27.5 Å². The quantitative estimate of drug-likeness (QED) is 0.939. The fourth-order valence-corrected chi connectivity index (χ4v) is 2.02. The Bertz CT molecular complexity index is 534. The summed E-state index contributed by atoms with van der Waals surface area (Å²) >= 11 is 9.26. The van der Waals surface area contributed by atoms with Crippen LogP contribution in [-0.4, -0.2) is 4.98 Å². The minimum atomic E-state index is 0.486. The third-order valence-corrected chi connectivity index (χ3v) is 3.10. The lowest BCUT2D eigenvalue weighted by molar-refractivity contribution is 0.480. The number of pyridine rings is 1. The molecule has 1 aromatic carbocycles. The normalized spacial score (nSPS) is 10.3. The molecule has 0 atom stereocenters. The summed E-state index contributed by atoms with van der Waals surface area (Å²) in [7, 11) is 0. The van der Waals surface area contributed by atoms with Gasteiger partial charge in [-0.2, -0.15) is 0 Å². The summed E-state index contributed by atoms with van der Waals surface area (Å²) in [4.78, 5) is 3.95. The van der Waals surface area contributed by atoms with Crippen molar-refractivity contribution in [1.29, 1.82) is 0 Å². The van der Waals surface area contributed by atoms with E-state index in [-0.39, 0.29) is 0 Å². The molecular weight excluding hydrogens is 304 g/mol. The van der Waals surface area contributed by atoms with Gasteiger partial charge < -0.3 is 10.5 Å². The maximum Gasteiger partial charge on any atom is 0.147 e. The maximum absolute atomic E-state index is 5.82. The molecule has 0 fully saturated rings. The average Bonchev–Trinajstić information content (AvgIpc) is 2.29. The molecule has 0 bridgehead atoms. The number of ether oxygens (including phenoxy) is 1. The molecule has 2 rings (SSSR count). The number of nitrogens with two attached hydrogens (primary N) is 1. The van der Waals surface area contributed by atoms with Crippen molar-refractivity contribution in [3.05, 3.63) is 51.7 Å². The topological polar surface area (TPSA) is 48.1 Å². The molecule has 0 unspecified atom stereocenters. The van der Waals surface area contributed by atoms with Gasteiger partial charge in [0.15, 0.2) is 0 Å². The van der Waals surface area contributed by atoms with E-state index in [0.717, 1.165) is 10.0 Å². The molecule has 0 spiro atoms. The zero-order chi connectivity index (χ0) is 12.3. The second-order valence-electron chi connectivity index (χ2n) is 3.40.